The Bertz CT molecular complexity index is 136. The molecule has 0 aromatic heterocycles. The molecule has 0 unspecified atom stereocenters. The molecule has 9 heavy (non-hydrogen) atoms. The molecule has 0 aromatic rings. The van der Waals surface area contributed by atoms with E-state index in [0.29, 0.717) is 0 Å². The molecule has 0 fully saturated rings. The Morgan fingerprint density at radius 2 is 1.89 bits per heavy atom. The van der Waals surface area contributed by atoms with Gasteiger partial charge >= 0.3 is 5.97 Å². The third-order valence-electron chi connectivity index (χ3n) is 0.609. The van der Waals surface area contributed by atoms with Gasteiger partial charge in [0.1, 0.15) is 0 Å². The zero-order chi connectivity index (χ0) is 7.65. The van der Waals surface area contributed by atoms with Gasteiger partial charge in [0.2, 0.25) is 4.33 Å². The second-order valence-electron chi connectivity index (χ2n) is 1.28. The van der Waals surface area contributed by atoms with Crippen LogP contribution >= 0.6 is 34.8 Å². The Morgan fingerprint density at radius 1 is 1.56 bits per heavy atom. The van der Waals surface area contributed by atoms with E-state index in [1.165, 1.54) is 0 Å². The SMILES string of the molecule is C=C(Cl)C(Cl)(Cl)C(=O)O. The molecular weight excluding hydrogens is 186 g/mol. The highest BCUT2D eigenvalue weighted by atomic mass is 35.5. The van der Waals surface area contributed by atoms with Crippen LogP contribution in [0.1, 0.15) is 0 Å². The van der Waals surface area contributed by atoms with Gasteiger partial charge in [-0.05, 0) is 0 Å². The van der Waals surface area contributed by atoms with Crippen LogP contribution in [-0.2, 0) is 4.79 Å². The highest BCUT2D eigenvalue weighted by Crippen LogP contribution is 2.31. The van der Waals surface area contributed by atoms with Gasteiger partial charge < -0.3 is 5.11 Å². The first kappa shape index (κ1) is 9.08. The number of carboxylic acid groups (broad SMARTS) is 1. The van der Waals surface area contributed by atoms with Crippen molar-refractivity contribution in [3.05, 3.63) is 11.6 Å². The molecule has 52 valence electrons. The van der Waals surface area contributed by atoms with E-state index >= 15 is 0 Å². The van der Waals surface area contributed by atoms with Crippen LogP contribution in [0.2, 0.25) is 0 Å². The van der Waals surface area contributed by atoms with Crippen molar-refractivity contribution in [1.82, 2.24) is 0 Å². The van der Waals surface area contributed by atoms with E-state index in [9.17, 15) is 4.79 Å². The van der Waals surface area contributed by atoms with E-state index in [-0.39, 0.29) is 5.03 Å². The number of halogens is 3. The summed E-state index contributed by atoms with van der Waals surface area (Å²) in [5, 5.41) is 7.88. The summed E-state index contributed by atoms with van der Waals surface area (Å²) in [6.07, 6.45) is 0. The Morgan fingerprint density at radius 3 is 1.89 bits per heavy atom. The van der Waals surface area contributed by atoms with E-state index in [1.54, 1.807) is 0 Å². The van der Waals surface area contributed by atoms with Crippen molar-refractivity contribution in [2.45, 2.75) is 4.33 Å². The van der Waals surface area contributed by atoms with E-state index in [2.05, 4.69) is 6.58 Å². The van der Waals surface area contributed by atoms with Crippen molar-refractivity contribution in [2.75, 3.05) is 0 Å². The number of carboxylic acids is 1. The van der Waals surface area contributed by atoms with Crippen LogP contribution in [0.25, 0.3) is 0 Å². The number of alkyl halides is 2. The summed E-state index contributed by atoms with van der Waals surface area (Å²) in [4.78, 5) is 10.1. The molecule has 0 saturated heterocycles. The first-order valence-corrected chi connectivity index (χ1v) is 2.98. The van der Waals surface area contributed by atoms with Crippen molar-refractivity contribution in [3.63, 3.8) is 0 Å². The van der Waals surface area contributed by atoms with Crippen LogP contribution in [0.4, 0.5) is 0 Å². The normalized spacial score (nSPS) is 11.0. The van der Waals surface area contributed by atoms with Gasteiger partial charge in [0.25, 0.3) is 0 Å². The van der Waals surface area contributed by atoms with Gasteiger partial charge in [0, 0.05) is 0 Å². The van der Waals surface area contributed by atoms with Crippen molar-refractivity contribution in [3.8, 4) is 0 Å². The average molecular weight is 189 g/mol. The smallest absolute Gasteiger partial charge is 0.345 e. The molecule has 0 saturated carbocycles. The predicted molar refractivity (Wildman–Crippen MR) is 37.1 cm³/mol. The molecule has 0 atom stereocenters. The maximum atomic E-state index is 10.1. The lowest BCUT2D eigenvalue weighted by molar-refractivity contribution is -0.136. The number of aliphatic carboxylic acids is 1. The fraction of sp³-hybridized carbons (Fsp3) is 0.250. The average Bonchev–Trinajstić information content (AvgIpc) is 1.65. The summed E-state index contributed by atoms with van der Waals surface area (Å²) in [6.45, 7) is 3.07. The first-order chi connectivity index (χ1) is 3.89. The van der Waals surface area contributed by atoms with Crippen LogP contribution in [0.15, 0.2) is 11.6 Å². The second kappa shape index (κ2) is 2.78. The van der Waals surface area contributed by atoms with Gasteiger partial charge in [0.05, 0.1) is 5.03 Å². The molecule has 0 aromatic carbocycles. The van der Waals surface area contributed by atoms with Crippen LogP contribution in [0.5, 0.6) is 0 Å². The highest BCUT2D eigenvalue weighted by Gasteiger charge is 2.35. The van der Waals surface area contributed by atoms with Crippen LogP contribution in [-0.4, -0.2) is 15.4 Å². The molecular formula is C4H3Cl3O2. The highest BCUT2D eigenvalue weighted by molar-refractivity contribution is 6.63. The Hall–Kier alpha value is 0.0800. The molecule has 0 rings (SSSR count). The number of hydrogen-bond acceptors (Lipinski definition) is 1. The zero-order valence-corrected chi connectivity index (χ0v) is 6.46. The van der Waals surface area contributed by atoms with Crippen molar-refractivity contribution in [2.24, 2.45) is 0 Å². The topological polar surface area (TPSA) is 37.3 Å². The van der Waals surface area contributed by atoms with Crippen LogP contribution < -0.4 is 0 Å². The summed E-state index contributed by atoms with van der Waals surface area (Å²) < 4.78 is -2.07. The molecule has 0 aliphatic rings. The quantitative estimate of drug-likeness (QED) is 0.675. The predicted octanol–water partition coefficient (Wildman–Crippen LogP) is 2.00. The lowest BCUT2D eigenvalue weighted by atomic mass is 10.4. The van der Waals surface area contributed by atoms with Crippen molar-refractivity contribution in [1.29, 1.82) is 0 Å². The van der Waals surface area contributed by atoms with Crippen LogP contribution in [0, 0.1) is 0 Å². The van der Waals surface area contributed by atoms with Gasteiger partial charge in [0.15, 0.2) is 0 Å². The minimum Gasteiger partial charge on any atom is -0.479 e. The first-order valence-electron chi connectivity index (χ1n) is 1.85. The molecule has 0 radical (unpaired) electrons. The Balaban J connectivity index is 4.38. The van der Waals surface area contributed by atoms with Crippen molar-refractivity contribution >= 4 is 40.8 Å². The minimum absolute atomic E-state index is 0.321. The summed E-state index contributed by atoms with van der Waals surface area (Å²) in [5.74, 6) is -1.43. The Labute approximate surface area is 67.0 Å². The lowest BCUT2D eigenvalue weighted by Gasteiger charge is -2.10. The summed E-state index contributed by atoms with van der Waals surface area (Å²) >= 11 is 15.4. The largest absolute Gasteiger partial charge is 0.479 e. The molecule has 0 spiro atoms. The monoisotopic (exact) mass is 188 g/mol. The maximum Gasteiger partial charge on any atom is 0.345 e. The summed E-state index contributed by atoms with van der Waals surface area (Å²) in [7, 11) is 0. The molecule has 1 N–H and O–H groups in total. The number of carbonyl (C=O) groups is 1. The van der Waals surface area contributed by atoms with Gasteiger partial charge in [-0.25, -0.2) is 4.79 Å². The van der Waals surface area contributed by atoms with Gasteiger partial charge in [-0.1, -0.05) is 41.4 Å². The molecule has 0 aliphatic heterocycles. The molecule has 0 aliphatic carbocycles. The molecule has 0 bridgehead atoms. The third-order valence-corrected chi connectivity index (χ3v) is 1.87. The minimum atomic E-state index is -2.07. The van der Waals surface area contributed by atoms with Crippen molar-refractivity contribution < 1.29 is 9.90 Å². The summed E-state index contributed by atoms with van der Waals surface area (Å²) in [6, 6.07) is 0. The van der Waals surface area contributed by atoms with Gasteiger partial charge in [-0.2, -0.15) is 0 Å². The van der Waals surface area contributed by atoms with E-state index < -0.39 is 10.3 Å². The number of hydrogen-bond donors (Lipinski definition) is 1. The second-order valence-corrected chi connectivity index (χ2v) is 3.07. The zero-order valence-electron chi connectivity index (χ0n) is 4.20. The fourth-order valence-electron chi connectivity index (χ4n) is 0.116. The van der Waals surface area contributed by atoms with E-state index in [0.717, 1.165) is 0 Å². The van der Waals surface area contributed by atoms with Crippen LogP contribution in [0.3, 0.4) is 0 Å². The fourth-order valence-corrected chi connectivity index (χ4v) is 0.197. The van der Waals surface area contributed by atoms with Gasteiger partial charge in [-0.15, -0.1) is 0 Å². The van der Waals surface area contributed by atoms with Gasteiger partial charge in [-0.3, -0.25) is 0 Å². The summed E-state index contributed by atoms with van der Waals surface area (Å²) in [5.41, 5.74) is 0. The molecule has 2 nitrogen and oxygen atoms in total. The van der Waals surface area contributed by atoms with E-state index in [1.807, 2.05) is 0 Å². The molecule has 0 amide bonds. The van der Waals surface area contributed by atoms with E-state index in [4.69, 9.17) is 39.9 Å². The number of rotatable bonds is 2. The molecule has 0 heterocycles. The standard InChI is InChI=1S/C4H3Cl3O2/c1-2(5)4(6,7)3(8)9/h1H2,(H,8,9). The third kappa shape index (κ3) is 2.05. The Kier molecular flexibility index (Phi) is 2.80. The molecule has 5 heteroatoms. The maximum absolute atomic E-state index is 10.1. The lowest BCUT2D eigenvalue weighted by Crippen LogP contribution is -2.25.